The van der Waals surface area contributed by atoms with Crippen LogP contribution >= 0.6 is 12.6 Å². The third-order valence-electron chi connectivity index (χ3n) is 3.15. The van der Waals surface area contributed by atoms with Gasteiger partial charge in [0.1, 0.15) is 11.5 Å². The summed E-state index contributed by atoms with van der Waals surface area (Å²) in [6.45, 7) is 2.18. The van der Waals surface area contributed by atoms with Gasteiger partial charge in [-0.05, 0) is 12.1 Å². The quantitative estimate of drug-likeness (QED) is 0.769. The molecule has 0 aromatic carbocycles. The van der Waals surface area contributed by atoms with Gasteiger partial charge in [-0.25, -0.2) is 4.98 Å². The average molecular weight is 294 g/mol. The summed E-state index contributed by atoms with van der Waals surface area (Å²) in [5.74, 6) is 1.08. The van der Waals surface area contributed by atoms with Crippen LogP contribution in [0.2, 0.25) is 0 Å². The second kappa shape index (κ2) is 6.60. The van der Waals surface area contributed by atoms with Gasteiger partial charge in [0.05, 0.1) is 6.54 Å². The van der Waals surface area contributed by atoms with Crippen molar-refractivity contribution in [3.8, 4) is 0 Å². The predicted molar refractivity (Wildman–Crippen MR) is 80.3 cm³/mol. The molecule has 1 aliphatic rings. The zero-order valence-corrected chi connectivity index (χ0v) is 12.3. The summed E-state index contributed by atoms with van der Waals surface area (Å²) in [5, 5.41) is 2.72. The van der Waals surface area contributed by atoms with E-state index in [2.05, 4.69) is 22.9 Å². The highest BCUT2D eigenvalue weighted by atomic mass is 32.1. The van der Waals surface area contributed by atoms with Crippen molar-refractivity contribution < 1.29 is 9.59 Å². The lowest BCUT2D eigenvalue weighted by atomic mass is 10.3. The molecule has 1 aromatic heterocycles. The van der Waals surface area contributed by atoms with Crippen molar-refractivity contribution >= 4 is 30.3 Å². The molecule has 1 aromatic rings. The normalized spacial score (nSPS) is 15.4. The molecule has 0 atom stereocenters. The first-order valence-electron chi connectivity index (χ1n) is 6.47. The van der Waals surface area contributed by atoms with Crippen LogP contribution < -0.4 is 10.2 Å². The summed E-state index contributed by atoms with van der Waals surface area (Å²) in [7, 11) is 1.79. The molecule has 108 valence electrons. The fraction of sp³-hybridized carbons (Fsp3) is 0.462. The summed E-state index contributed by atoms with van der Waals surface area (Å²) in [5.41, 5.74) is 0.357. The molecule has 1 N–H and O–H groups in total. The second-order valence-corrected chi connectivity index (χ2v) is 5.04. The van der Waals surface area contributed by atoms with Gasteiger partial charge >= 0.3 is 0 Å². The summed E-state index contributed by atoms with van der Waals surface area (Å²) >= 11 is 4.04. The lowest BCUT2D eigenvalue weighted by molar-refractivity contribution is -0.129. The Morgan fingerprint density at radius 3 is 2.95 bits per heavy atom. The lowest BCUT2D eigenvalue weighted by Crippen LogP contribution is -2.48. The zero-order chi connectivity index (χ0) is 14.5. The Morgan fingerprint density at radius 2 is 2.25 bits per heavy atom. The molecule has 7 heteroatoms. The minimum absolute atomic E-state index is 0.0583. The van der Waals surface area contributed by atoms with Crippen molar-refractivity contribution in [1.82, 2.24) is 15.2 Å². The molecule has 0 radical (unpaired) electrons. The molecule has 1 fully saturated rings. The number of piperazine rings is 1. The summed E-state index contributed by atoms with van der Waals surface area (Å²) in [6, 6.07) is 5.25. The van der Waals surface area contributed by atoms with Gasteiger partial charge in [0.15, 0.2) is 0 Å². The van der Waals surface area contributed by atoms with E-state index in [4.69, 9.17) is 0 Å². The van der Waals surface area contributed by atoms with Crippen LogP contribution in [0.5, 0.6) is 0 Å². The fourth-order valence-corrected chi connectivity index (χ4v) is 2.05. The molecule has 0 aliphatic carbocycles. The van der Waals surface area contributed by atoms with E-state index in [1.54, 1.807) is 24.1 Å². The van der Waals surface area contributed by atoms with E-state index >= 15 is 0 Å². The Hall–Kier alpha value is -1.76. The van der Waals surface area contributed by atoms with Gasteiger partial charge in [0.2, 0.25) is 5.91 Å². The monoisotopic (exact) mass is 294 g/mol. The minimum atomic E-state index is -0.221. The molecule has 20 heavy (non-hydrogen) atoms. The number of nitrogens with one attached hydrogen (secondary N) is 1. The average Bonchev–Trinajstić information content (AvgIpc) is 2.47. The summed E-state index contributed by atoms with van der Waals surface area (Å²) < 4.78 is 0. The number of pyridine rings is 1. The smallest absolute Gasteiger partial charge is 0.269 e. The molecule has 2 heterocycles. The molecule has 1 aliphatic heterocycles. The number of hydrogen-bond donors (Lipinski definition) is 2. The number of carbonyl (C=O) groups excluding carboxylic acids is 2. The van der Waals surface area contributed by atoms with Crippen molar-refractivity contribution in [2.45, 2.75) is 0 Å². The van der Waals surface area contributed by atoms with E-state index in [1.165, 1.54) is 0 Å². The van der Waals surface area contributed by atoms with Gasteiger partial charge in [0, 0.05) is 32.4 Å². The maximum absolute atomic E-state index is 11.9. The second-order valence-electron chi connectivity index (χ2n) is 4.60. The highest BCUT2D eigenvalue weighted by molar-refractivity contribution is 7.80. The number of carbonyl (C=O) groups is 2. The van der Waals surface area contributed by atoms with Crippen LogP contribution in [-0.2, 0) is 4.79 Å². The number of amides is 2. The number of anilines is 1. The molecule has 2 amide bonds. The number of thiol groups is 1. The van der Waals surface area contributed by atoms with Crippen molar-refractivity contribution in [2.75, 3.05) is 43.9 Å². The van der Waals surface area contributed by atoms with E-state index in [0.29, 0.717) is 36.9 Å². The van der Waals surface area contributed by atoms with Crippen LogP contribution in [0, 0.1) is 0 Å². The maximum Gasteiger partial charge on any atom is 0.269 e. The van der Waals surface area contributed by atoms with E-state index in [0.717, 1.165) is 6.54 Å². The molecular formula is C13H18N4O2S. The van der Waals surface area contributed by atoms with Crippen molar-refractivity contribution in [2.24, 2.45) is 0 Å². The standard InChI is InChI=1S/C13H18N4O2S/c1-16-6-7-17(9-12(16)18)11-4-2-3-10(15-11)13(19)14-5-8-20/h2-4,20H,5-9H2,1H3,(H,14,19). The van der Waals surface area contributed by atoms with Crippen LogP contribution in [0.15, 0.2) is 18.2 Å². The molecule has 6 nitrogen and oxygen atoms in total. The largest absolute Gasteiger partial charge is 0.350 e. The third-order valence-corrected chi connectivity index (χ3v) is 3.37. The van der Waals surface area contributed by atoms with E-state index < -0.39 is 0 Å². The Balaban J connectivity index is 2.09. The number of nitrogens with zero attached hydrogens (tertiary/aromatic N) is 3. The zero-order valence-electron chi connectivity index (χ0n) is 11.4. The molecule has 0 saturated carbocycles. The van der Waals surface area contributed by atoms with Crippen molar-refractivity contribution in [3.05, 3.63) is 23.9 Å². The molecule has 1 saturated heterocycles. The highest BCUT2D eigenvalue weighted by Gasteiger charge is 2.22. The molecule has 0 spiro atoms. The highest BCUT2D eigenvalue weighted by Crippen LogP contribution is 2.14. The van der Waals surface area contributed by atoms with E-state index in [9.17, 15) is 9.59 Å². The first-order valence-corrected chi connectivity index (χ1v) is 7.10. The summed E-state index contributed by atoms with van der Waals surface area (Å²) in [4.78, 5) is 31.5. The van der Waals surface area contributed by atoms with E-state index in [-0.39, 0.29) is 11.8 Å². The molecule has 0 bridgehead atoms. The molecule has 0 unspecified atom stereocenters. The van der Waals surface area contributed by atoms with Gasteiger partial charge in [-0.3, -0.25) is 9.59 Å². The van der Waals surface area contributed by atoms with E-state index in [1.807, 2.05) is 11.0 Å². The Labute approximate surface area is 123 Å². The van der Waals surface area contributed by atoms with Crippen LogP contribution in [-0.4, -0.2) is 60.7 Å². The number of rotatable bonds is 4. The first-order chi connectivity index (χ1) is 9.61. The lowest BCUT2D eigenvalue weighted by Gasteiger charge is -2.32. The fourth-order valence-electron chi connectivity index (χ4n) is 1.94. The molecular weight excluding hydrogens is 276 g/mol. The number of likely N-dealkylation sites (N-methyl/N-ethyl adjacent to an activating group) is 1. The van der Waals surface area contributed by atoms with Gasteiger partial charge in [-0.2, -0.15) is 12.6 Å². The Morgan fingerprint density at radius 1 is 1.45 bits per heavy atom. The van der Waals surface area contributed by atoms with Crippen molar-refractivity contribution in [3.63, 3.8) is 0 Å². The van der Waals surface area contributed by atoms with Gasteiger partial charge in [-0.1, -0.05) is 6.07 Å². The predicted octanol–water partition coefficient (Wildman–Crippen LogP) is 0.0196. The minimum Gasteiger partial charge on any atom is -0.350 e. The van der Waals surface area contributed by atoms with Crippen LogP contribution in [0.3, 0.4) is 0 Å². The van der Waals surface area contributed by atoms with Crippen LogP contribution in [0.1, 0.15) is 10.5 Å². The number of aromatic nitrogens is 1. The Bertz CT molecular complexity index is 509. The Kier molecular flexibility index (Phi) is 4.84. The first kappa shape index (κ1) is 14.6. The topological polar surface area (TPSA) is 65.5 Å². The number of hydrogen-bond acceptors (Lipinski definition) is 5. The molecule has 2 rings (SSSR count). The van der Waals surface area contributed by atoms with Gasteiger partial charge in [-0.15, -0.1) is 0 Å². The van der Waals surface area contributed by atoms with Crippen LogP contribution in [0.4, 0.5) is 5.82 Å². The SMILES string of the molecule is CN1CCN(c2cccc(C(=O)NCCS)n2)CC1=O. The third kappa shape index (κ3) is 3.41. The summed E-state index contributed by atoms with van der Waals surface area (Å²) in [6.07, 6.45) is 0. The van der Waals surface area contributed by atoms with Crippen molar-refractivity contribution in [1.29, 1.82) is 0 Å². The van der Waals surface area contributed by atoms with Gasteiger partial charge in [0.25, 0.3) is 5.91 Å². The maximum atomic E-state index is 11.9. The van der Waals surface area contributed by atoms with Gasteiger partial charge < -0.3 is 15.1 Å². The van der Waals surface area contributed by atoms with Crippen LogP contribution in [0.25, 0.3) is 0 Å².